The molecule has 0 amide bonds. The van der Waals surface area contributed by atoms with Crippen molar-refractivity contribution in [3.05, 3.63) is 0 Å². The molecule has 0 aliphatic carbocycles. The molecule has 4 unspecified atom stereocenters. The Labute approximate surface area is 141 Å². The van der Waals surface area contributed by atoms with Crippen molar-refractivity contribution in [3.8, 4) is 0 Å². The Kier molecular flexibility index (Phi) is 21.5. The maximum atomic E-state index is 10.1. The highest BCUT2D eigenvalue weighted by Crippen LogP contribution is 2.03. The molecule has 0 saturated carbocycles. The maximum Gasteiger partial charge on any atom is 0.335 e. The molecule has 0 bridgehead atoms. The SMILES string of the molecule is CC(=O)O.CC(=O)O.CC(=O)O.O=CC(O)C(O)C(O)C(O)C(=O)O. The Bertz CT molecular complexity index is 379. The Morgan fingerprint density at radius 1 is 0.680 bits per heavy atom. The quantitative estimate of drug-likeness (QED) is 0.223. The minimum atomic E-state index is -2.25. The van der Waals surface area contributed by atoms with Crippen molar-refractivity contribution < 1.29 is 64.8 Å². The first-order chi connectivity index (χ1) is 11.1. The summed E-state index contributed by atoms with van der Waals surface area (Å²) in [5, 5.41) is 65.4. The molecule has 148 valence electrons. The van der Waals surface area contributed by atoms with Crippen molar-refractivity contribution in [1.29, 1.82) is 0 Å². The lowest BCUT2D eigenvalue weighted by atomic mass is 10.0. The molecule has 0 aliphatic rings. The van der Waals surface area contributed by atoms with Crippen LogP contribution in [0.25, 0.3) is 0 Å². The Morgan fingerprint density at radius 3 is 1.08 bits per heavy atom. The number of aliphatic hydroxyl groups excluding tert-OH is 4. The van der Waals surface area contributed by atoms with Crippen molar-refractivity contribution in [3.63, 3.8) is 0 Å². The lowest BCUT2D eigenvalue weighted by Crippen LogP contribution is -2.48. The summed E-state index contributed by atoms with van der Waals surface area (Å²) in [4.78, 5) is 47.0. The van der Waals surface area contributed by atoms with Gasteiger partial charge in [0.2, 0.25) is 0 Å². The van der Waals surface area contributed by atoms with E-state index < -0.39 is 48.3 Å². The monoisotopic (exact) mass is 374 g/mol. The molecule has 13 heteroatoms. The number of carbonyl (C=O) groups is 5. The molecule has 0 saturated heterocycles. The molecule has 0 radical (unpaired) electrons. The van der Waals surface area contributed by atoms with Gasteiger partial charge in [0.1, 0.15) is 18.3 Å². The van der Waals surface area contributed by atoms with Gasteiger partial charge in [0.25, 0.3) is 17.9 Å². The van der Waals surface area contributed by atoms with E-state index in [-0.39, 0.29) is 6.29 Å². The van der Waals surface area contributed by atoms with Crippen LogP contribution in [0.2, 0.25) is 0 Å². The van der Waals surface area contributed by atoms with E-state index in [4.69, 9.17) is 55.2 Å². The van der Waals surface area contributed by atoms with E-state index in [2.05, 4.69) is 0 Å². The normalized spacial score (nSPS) is 13.4. The predicted octanol–water partition coefficient (Wildman–Crippen LogP) is -3.01. The largest absolute Gasteiger partial charge is 0.481 e. The topological polar surface area (TPSA) is 247 Å². The molecule has 8 N–H and O–H groups in total. The van der Waals surface area contributed by atoms with Crippen LogP contribution < -0.4 is 0 Å². The molecule has 0 spiro atoms. The minimum Gasteiger partial charge on any atom is -0.481 e. The Morgan fingerprint density at radius 2 is 0.920 bits per heavy atom. The second-order valence-electron chi connectivity index (χ2n) is 3.95. The van der Waals surface area contributed by atoms with Gasteiger partial charge in [-0.3, -0.25) is 14.4 Å². The zero-order chi connectivity index (χ0) is 21.3. The zero-order valence-electron chi connectivity index (χ0n) is 13.5. The molecule has 4 atom stereocenters. The highest BCUT2D eigenvalue weighted by Gasteiger charge is 2.33. The molecule has 0 aromatic heterocycles. The van der Waals surface area contributed by atoms with Crippen molar-refractivity contribution >= 4 is 30.2 Å². The van der Waals surface area contributed by atoms with E-state index in [1.807, 2.05) is 0 Å². The molecule has 0 fully saturated rings. The number of carboxylic acids is 4. The Hall–Kier alpha value is -2.61. The average molecular weight is 374 g/mol. The van der Waals surface area contributed by atoms with Crippen molar-refractivity contribution in [2.24, 2.45) is 0 Å². The van der Waals surface area contributed by atoms with E-state index in [1.54, 1.807) is 0 Å². The van der Waals surface area contributed by atoms with E-state index in [9.17, 15) is 9.59 Å². The van der Waals surface area contributed by atoms with Crippen LogP contribution in [-0.4, -0.2) is 95.4 Å². The van der Waals surface area contributed by atoms with Crippen LogP contribution in [0.5, 0.6) is 0 Å². The molecule has 0 aromatic rings. The number of hydrogen-bond donors (Lipinski definition) is 8. The summed E-state index contributed by atoms with van der Waals surface area (Å²) in [7, 11) is 0. The van der Waals surface area contributed by atoms with Crippen molar-refractivity contribution in [2.75, 3.05) is 0 Å². The van der Waals surface area contributed by atoms with Gasteiger partial charge in [0.15, 0.2) is 12.4 Å². The second-order valence-corrected chi connectivity index (χ2v) is 3.95. The number of rotatable bonds is 5. The summed E-state index contributed by atoms with van der Waals surface area (Å²) >= 11 is 0. The summed E-state index contributed by atoms with van der Waals surface area (Å²) in [6, 6.07) is 0. The lowest BCUT2D eigenvalue weighted by molar-refractivity contribution is -0.163. The second kappa shape index (κ2) is 17.7. The third-order valence-corrected chi connectivity index (χ3v) is 1.42. The number of hydrogen-bond acceptors (Lipinski definition) is 9. The standard InChI is InChI=1S/C6H10O7.3C2H4O2/c7-1-2(8)3(9)4(10)5(11)6(12)13;3*1-2(3)4/h1-5,8-11H,(H,12,13);3*1H3,(H,3,4). The molecule has 0 heterocycles. The summed E-state index contributed by atoms with van der Waals surface area (Å²) in [6.07, 6.45) is -8.39. The fourth-order valence-corrected chi connectivity index (χ4v) is 0.615. The first-order valence-corrected chi connectivity index (χ1v) is 6.10. The van der Waals surface area contributed by atoms with Crippen LogP contribution in [0.4, 0.5) is 0 Å². The first kappa shape index (κ1) is 30.3. The van der Waals surface area contributed by atoms with Crippen LogP contribution >= 0.6 is 0 Å². The van der Waals surface area contributed by atoms with E-state index in [0.717, 1.165) is 20.8 Å². The van der Waals surface area contributed by atoms with Gasteiger partial charge in [-0.2, -0.15) is 0 Å². The molecular weight excluding hydrogens is 352 g/mol. The van der Waals surface area contributed by atoms with E-state index in [0.29, 0.717) is 0 Å². The third kappa shape index (κ3) is 34.0. The maximum absolute atomic E-state index is 10.1. The summed E-state index contributed by atoms with van der Waals surface area (Å²) < 4.78 is 0. The fraction of sp³-hybridized carbons (Fsp3) is 0.583. The smallest absolute Gasteiger partial charge is 0.335 e. The van der Waals surface area contributed by atoms with Gasteiger partial charge in [-0.05, 0) is 0 Å². The molecule has 0 aliphatic heterocycles. The molecule has 13 nitrogen and oxygen atoms in total. The Balaban J connectivity index is -0.000000150. The predicted molar refractivity (Wildman–Crippen MR) is 77.7 cm³/mol. The van der Waals surface area contributed by atoms with Gasteiger partial charge >= 0.3 is 5.97 Å². The van der Waals surface area contributed by atoms with Crippen molar-refractivity contribution in [2.45, 2.75) is 45.2 Å². The number of aliphatic carboxylic acids is 4. The minimum absolute atomic E-state index is 0.0809. The van der Waals surface area contributed by atoms with Gasteiger partial charge in [0, 0.05) is 20.8 Å². The molecular formula is C12H22O13. The highest BCUT2D eigenvalue weighted by molar-refractivity contribution is 5.73. The number of aliphatic hydroxyl groups is 4. The highest BCUT2D eigenvalue weighted by atomic mass is 16.4. The first-order valence-electron chi connectivity index (χ1n) is 6.10. The summed E-state index contributed by atoms with van der Waals surface area (Å²) in [6.45, 7) is 3.25. The van der Waals surface area contributed by atoms with Crippen LogP contribution in [-0.2, 0) is 24.0 Å². The van der Waals surface area contributed by atoms with Crippen LogP contribution in [0, 0.1) is 0 Å². The zero-order valence-corrected chi connectivity index (χ0v) is 13.5. The van der Waals surface area contributed by atoms with Crippen molar-refractivity contribution in [1.82, 2.24) is 0 Å². The number of carboxylic acid groups (broad SMARTS) is 4. The third-order valence-electron chi connectivity index (χ3n) is 1.42. The summed E-state index contributed by atoms with van der Waals surface area (Å²) in [5.74, 6) is -4.26. The van der Waals surface area contributed by atoms with Gasteiger partial charge in [0.05, 0.1) is 0 Å². The van der Waals surface area contributed by atoms with Crippen LogP contribution in [0.3, 0.4) is 0 Å². The lowest BCUT2D eigenvalue weighted by Gasteiger charge is -2.21. The average Bonchev–Trinajstić information content (AvgIpc) is 2.42. The van der Waals surface area contributed by atoms with Crippen LogP contribution in [0.1, 0.15) is 20.8 Å². The van der Waals surface area contributed by atoms with Gasteiger partial charge in [-0.25, -0.2) is 4.79 Å². The molecule has 0 rings (SSSR count). The summed E-state index contributed by atoms with van der Waals surface area (Å²) in [5.41, 5.74) is 0. The van der Waals surface area contributed by atoms with Gasteiger partial charge in [-0.15, -0.1) is 0 Å². The number of carbonyl (C=O) groups excluding carboxylic acids is 1. The van der Waals surface area contributed by atoms with E-state index in [1.165, 1.54) is 0 Å². The van der Waals surface area contributed by atoms with Crippen LogP contribution in [0.15, 0.2) is 0 Å². The van der Waals surface area contributed by atoms with Gasteiger partial charge < -0.3 is 45.6 Å². The molecule has 0 aromatic carbocycles. The van der Waals surface area contributed by atoms with Gasteiger partial charge in [-0.1, -0.05) is 0 Å². The van der Waals surface area contributed by atoms with E-state index >= 15 is 0 Å². The number of aldehydes is 1. The fourth-order valence-electron chi connectivity index (χ4n) is 0.615. The molecule has 25 heavy (non-hydrogen) atoms.